The summed E-state index contributed by atoms with van der Waals surface area (Å²) in [6.45, 7) is 8.39. The lowest BCUT2D eigenvalue weighted by Crippen LogP contribution is -2.22. The molecular formula is C25H23N3O2S. The first-order valence-corrected chi connectivity index (χ1v) is 11.0. The van der Waals surface area contributed by atoms with E-state index in [1.165, 1.54) is 11.8 Å². The van der Waals surface area contributed by atoms with Crippen molar-refractivity contribution in [1.82, 2.24) is 14.1 Å². The minimum absolute atomic E-state index is 0.00966. The van der Waals surface area contributed by atoms with E-state index in [0.29, 0.717) is 28.2 Å². The highest BCUT2D eigenvalue weighted by Gasteiger charge is 2.18. The van der Waals surface area contributed by atoms with E-state index < -0.39 is 0 Å². The Labute approximate surface area is 185 Å². The lowest BCUT2D eigenvalue weighted by Gasteiger charge is -2.13. The smallest absolute Gasteiger partial charge is 0.266 e. The van der Waals surface area contributed by atoms with Crippen LogP contribution in [0.25, 0.3) is 16.6 Å². The summed E-state index contributed by atoms with van der Waals surface area (Å²) in [6.07, 6.45) is 1.82. The fraction of sp³-hybridized carbons (Fsp3) is 0.160. The van der Waals surface area contributed by atoms with Crippen LogP contribution in [0.1, 0.15) is 21.7 Å². The number of carbonyl (C=O) groups is 1. The Bertz CT molecular complexity index is 1340. The zero-order chi connectivity index (χ0) is 22.0. The first kappa shape index (κ1) is 20.9. The number of thioether (sulfide) groups is 1. The topological polar surface area (TPSA) is 56.9 Å². The minimum atomic E-state index is -0.143. The van der Waals surface area contributed by atoms with Crippen molar-refractivity contribution in [2.45, 2.75) is 25.5 Å². The number of para-hydroxylation sites is 2. The maximum Gasteiger partial charge on any atom is 0.266 e. The Morgan fingerprint density at radius 1 is 1.10 bits per heavy atom. The van der Waals surface area contributed by atoms with Crippen LogP contribution in [0.3, 0.4) is 0 Å². The summed E-state index contributed by atoms with van der Waals surface area (Å²) in [5.74, 6) is 0.200. The third-order valence-corrected chi connectivity index (χ3v) is 6.22. The molecule has 4 aromatic rings. The number of nitrogens with zero attached hydrogens (tertiary/aromatic N) is 3. The molecule has 0 spiro atoms. The number of allylic oxidation sites excluding steroid dienone is 1. The van der Waals surface area contributed by atoms with Gasteiger partial charge >= 0.3 is 0 Å². The Balaban J connectivity index is 1.72. The monoisotopic (exact) mass is 429 g/mol. The number of aryl methyl sites for hydroxylation is 1. The molecule has 0 N–H and O–H groups in total. The normalized spacial score (nSPS) is 11.0. The standard InChI is InChI=1S/C25H23N3O2S/c1-4-14-27-17(2)15-21(18(27)3)23(29)16-31-25-26-22-13-9-8-12-20(22)24(30)28(25)19-10-6-5-7-11-19/h4-13,15H,1,14,16H2,2-3H3. The number of ketones is 1. The predicted octanol–water partition coefficient (Wildman–Crippen LogP) is 4.97. The summed E-state index contributed by atoms with van der Waals surface area (Å²) >= 11 is 1.28. The fourth-order valence-corrected chi connectivity index (χ4v) is 4.61. The van der Waals surface area contributed by atoms with E-state index in [0.717, 1.165) is 17.1 Å². The van der Waals surface area contributed by atoms with Crippen molar-refractivity contribution in [1.29, 1.82) is 0 Å². The maximum absolute atomic E-state index is 13.3. The summed E-state index contributed by atoms with van der Waals surface area (Å²) in [4.78, 5) is 31.0. The predicted molar refractivity (Wildman–Crippen MR) is 126 cm³/mol. The number of hydrogen-bond acceptors (Lipinski definition) is 4. The molecule has 0 aliphatic rings. The van der Waals surface area contributed by atoms with Gasteiger partial charge < -0.3 is 4.57 Å². The summed E-state index contributed by atoms with van der Waals surface area (Å²) in [5.41, 5.74) is 3.85. The van der Waals surface area contributed by atoms with E-state index in [4.69, 9.17) is 4.98 Å². The van der Waals surface area contributed by atoms with Crippen LogP contribution in [-0.4, -0.2) is 25.7 Å². The van der Waals surface area contributed by atoms with Gasteiger partial charge in [-0.1, -0.05) is 48.2 Å². The molecule has 6 heteroatoms. The first-order chi connectivity index (χ1) is 15.0. The van der Waals surface area contributed by atoms with Crippen LogP contribution < -0.4 is 5.56 Å². The molecule has 0 amide bonds. The highest BCUT2D eigenvalue weighted by atomic mass is 32.2. The number of Topliss-reactive ketones (excluding diaryl/α,β-unsaturated/α-hetero) is 1. The van der Waals surface area contributed by atoms with Crippen LogP contribution in [0.4, 0.5) is 0 Å². The summed E-state index contributed by atoms with van der Waals surface area (Å²) in [7, 11) is 0. The molecule has 0 atom stereocenters. The van der Waals surface area contributed by atoms with Gasteiger partial charge in [0.25, 0.3) is 5.56 Å². The number of fused-ring (bicyclic) bond motifs is 1. The quantitative estimate of drug-likeness (QED) is 0.180. The first-order valence-electron chi connectivity index (χ1n) is 10.0. The SMILES string of the molecule is C=CCn1c(C)cc(C(=O)CSc2nc3ccccc3c(=O)n2-c2ccccc2)c1C. The lowest BCUT2D eigenvalue weighted by atomic mass is 10.2. The number of rotatable bonds is 7. The number of carbonyl (C=O) groups excluding carboxylic acids is 1. The number of benzene rings is 2. The molecule has 156 valence electrons. The van der Waals surface area contributed by atoms with Crippen molar-refractivity contribution in [2.24, 2.45) is 0 Å². The second kappa shape index (κ2) is 8.78. The molecule has 5 nitrogen and oxygen atoms in total. The zero-order valence-corrected chi connectivity index (χ0v) is 18.4. The molecule has 0 aliphatic heterocycles. The average Bonchev–Trinajstić information content (AvgIpc) is 3.07. The third kappa shape index (κ3) is 3.99. The Kier molecular flexibility index (Phi) is 5.91. The van der Waals surface area contributed by atoms with Crippen LogP contribution in [0.2, 0.25) is 0 Å². The molecule has 2 aromatic heterocycles. The second-order valence-electron chi connectivity index (χ2n) is 7.28. The Morgan fingerprint density at radius 2 is 1.81 bits per heavy atom. The van der Waals surface area contributed by atoms with E-state index in [-0.39, 0.29) is 17.1 Å². The molecular weight excluding hydrogens is 406 g/mol. The van der Waals surface area contributed by atoms with Crippen molar-refractivity contribution in [3.63, 3.8) is 0 Å². The maximum atomic E-state index is 13.3. The largest absolute Gasteiger partial charge is 0.345 e. The van der Waals surface area contributed by atoms with Gasteiger partial charge in [0, 0.05) is 23.5 Å². The van der Waals surface area contributed by atoms with Gasteiger partial charge in [-0.25, -0.2) is 4.98 Å². The third-order valence-electron chi connectivity index (χ3n) is 5.28. The van der Waals surface area contributed by atoms with Gasteiger partial charge in [-0.3, -0.25) is 14.2 Å². The molecule has 4 rings (SSSR count). The van der Waals surface area contributed by atoms with Gasteiger partial charge in [-0.15, -0.1) is 6.58 Å². The second-order valence-corrected chi connectivity index (χ2v) is 8.23. The molecule has 0 saturated carbocycles. The summed E-state index contributed by atoms with van der Waals surface area (Å²) in [5, 5.41) is 1.05. The van der Waals surface area contributed by atoms with E-state index in [1.54, 1.807) is 10.6 Å². The van der Waals surface area contributed by atoms with Crippen LogP contribution in [-0.2, 0) is 6.54 Å². The van der Waals surface area contributed by atoms with Crippen LogP contribution in [0.5, 0.6) is 0 Å². The van der Waals surface area contributed by atoms with E-state index in [1.807, 2.05) is 74.5 Å². The Morgan fingerprint density at radius 3 is 2.55 bits per heavy atom. The van der Waals surface area contributed by atoms with Crippen LogP contribution in [0, 0.1) is 13.8 Å². The zero-order valence-electron chi connectivity index (χ0n) is 17.5. The summed E-state index contributed by atoms with van der Waals surface area (Å²) in [6, 6.07) is 18.6. The fourth-order valence-electron chi connectivity index (χ4n) is 3.72. The van der Waals surface area contributed by atoms with E-state index >= 15 is 0 Å². The minimum Gasteiger partial charge on any atom is -0.345 e. The molecule has 0 saturated heterocycles. The van der Waals surface area contributed by atoms with Crippen molar-refractivity contribution in [3.8, 4) is 5.69 Å². The van der Waals surface area contributed by atoms with Gasteiger partial charge in [-0.2, -0.15) is 0 Å². The van der Waals surface area contributed by atoms with Crippen molar-refractivity contribution in [3.05, 3.63) is 101 Å². The highest BCUT2D eigenvalue weighted by molar-refractivity contribution is 7.99. The number of hydrogen-bond donors (Lipinski definition) is 0. The van der Waals surface area contributed by atoms with Gasteiger partial charge in [-0.05, 0) is 44.2 Å². The van der Waals surface area contributed by atoms with Crippen LogP contribution >= 0.6 is 11.8 Å². The van der Waals surface area contributed by atoms with Crippen molar-refractivity contribution >= 4 is 28.4 Å². The molecule has 0 fully saturated rings. The molecule has 0 radical (unpaired) electrons. The van der Waals surface area contributed by atoms with Crippen molar-refractivity contribution < 1.29 is 4.79 Å². The van der Waals surface area contributed by atoms with Gasteiger partial charge in [0.1, 0.15) is 0 Å². The number of aromatic nitrogens is 3. The molecule has 31 heavy (non-hydrogen) atoms. The van der Waals surface area contributed by atoms with E-state index in [2.05, 4.69) is 11.1 Å². The highest BCUT2D eigenvalue weighted by Crippen LogP contribution is 2.24. The van der Waals surface area contributed by atoms with Gasteiger partial charge in [0.05, 0.1) is 22.3 Å². The Hall–Kier alpha value is -3.38. The summed E-state index contributed by atoms with van der Waals surface area (Å²) < 4.78 is 3.65. The van der Waals surface area contributed by atoms with Gasteiger partial charge in [0.2, 0.25) is 0 Å². The van der Waals surface area contributed by atoms with E-state index in [9.17, 15) is 9.59 Å². The van der Waals surface area contributed by atoms with Gasteiger partial charge in [0.15, 0.2) is 10.9 Å². The lowest BCUT2D eigenvalue weighted by molar-refractivity contribution is 0.102. The van der Waals surface area contributed by atoms with Crippen molar-refractivity contribution in [2.75, 3.05) is 5.75 Å². The molecule has 0 bridgehead atoms. The molecule has 2 aromatic carbocycles. The molecule has 2 heterocycles. The van der Waals surface area contributed by atoms with Crippen LogP contribution in [0.15, 0.2) is 83.3 Å². The molecule has 0 aliphatic carbocycles. The average molecular weight is 430 g/mol. The molecule has 0 unspecified atom stereocenters.